The second-order valence-corrected chi connectivity index (χ2v) is 19.9. The first-order valence-corrected chi connectivity index (χ1v) is 24.3. The van der Waals surface area contributed by atoms with E-state index in [2.05, 4.69) is 27.5 Å². The number of carboxylic acid groups (broad SMARTS) is 1. The summed E-state index contributed by atoms with van der Waals surface area (Å²) in [6, 6.07) is 33.4. The first-order chi connectivity index (χ1) is 30.5. The number of amides is 2. The number of sulfonamides is 1. The number of aliphatic hydroxyl groups excluding tert-OH is 1. The van der Waals surface area contributed by atoms with Crippen molar-refractivity contribution in [3.8, 4) is 0 Å². The van der Waals surface area contributed by atoms with Crippen LogP contribution in [0.15, 0.2) is 120 Å². The Hall–Kier alpha value is -4.92. The molecule has 4 aromatic rings. The molecule has 13 heteroatoms. The normalized spacial score (nSPS) is 16.6. The van der Waals surface area contributed by atoms with Crippen LogP contribution < -0.4 is 26.8 Å². The lowest BCUT2D eigenvalue weighted by molar-refractivity contribution is -0.138. The summed E-state index contributed by atoms with van der Waals surface area (Å²) >= 11 is 0. The van der Waals surface area contributed by atoms with E-state index in [4.69, 9.17) is 16.6 Å². The molecule has 2 aliphatic carbocycles. The number of hydrogen-bond acceptors (Lipinski definition) is 8. The van der Waals surface area contributed by atoms with Crippen LogP contribution in [0.1, 0.15) is 108 Å². The third kappa shape index (κ3) is 19.0. The van der Waals surface area contributed by atoms with Gasteiger partial charge in [-0.2, -0.15) is 0 Å². The Labute approximate surface area is 381 Å². The van der Waals surface area contributed by atoms with Crippen molar-refractivity contribution in [1.82, 2.24) is 10.0 Å². The largest absolute Gasteiger partial charge is 0.480 e. The Kier molecular flexibility index (Phi) is 21.1. The highest BCUT2D eigenvalue weighted by molar-refractivity contribution is 7.89. The van der Waals surface area contributed by atoms with E-state index in [9.17, 15) is 27.9 Å². The molecule has 0 radical (unpaired) electrons. The first kappa shape index (κ1) is 51.7. The van der Waals surface area contributed by atoms with Crippen molar-refractivity contribution < 1.29 is 33.0 Å². The summed E-state index contributed by atoms with van der Waals surface area (Å²) in [5.41, 5.74) is 14.4. The van der Waals surface area contributed by atoms with E-state index in [1.54, 1.807) is 32.9 Å². The van der Waals surface area contributed by atoms with Gasteiger partial charge in [-0.05, 0) is 99.7 Å². The lowest BCUT2D eigenvalue weighted by Crippen LogP contribution is -2.47. The van der Waals surface area contributed by atoms with Crippen molar-refractivity contribution in [3.63, 3.8) is 0 Å². The molecule has 9 N–H and O–H groups in total. The van der Waals surface area contributed by atoms with E-state index in [-0.39, 0.29) is 28.7 Å². The lowest BCUT2D eigenvalue weighted by Gasteiger charge is -2.27. The molecule has 12 nitrogen and oxygen atoms in total. The quantitative estimate of drug-likeness (QED) is 0.0591. The molecule has 64 heavy (non-hydrogen) atoms. The third-order valence-corrected chi connectivity index (χ3v) is 13.3. The van der Waals surface area contributed by atoms with E-state index in [1.807, 2.05) is 78.9 Å². The number of carbonyl (C=O) groups excluding carboxylic acids is 2. The monoisotopic (exact) mass is 898 g/mol. The molecule has 0 heterocycles. The van der Waals surface area contributed by atoms with Crippen LogP contribution in [0.5, 0.6) is 0 Å². The molecule has 0 bridgehead atoms. The van der Waals surface area contributed by atoms with Crippen LogP contribution in [0, 0.1) is 11.8 Å². The fourth-order valence-corrected chi connectivity index (χ4v) is 9.47. The van der Waals surface area contributed by atoms with Crippen LogP contribution >= 0.6 is 0 Å². The number of rotatable bonds is 16. The summed E-state index contributed by atoms with van der Waals surface area (Å²) in [5.74, 6) is -0.695. The lowest BCUT2D eigenvalue weighted by atomic mass is 9.83. The fraction of sp³-hybridized carbons (Fsp3) is 0.471. The molecule has 6 rings (SSSR count). The average molecular weight is 898 g/mol. The molecule has 4 aromatic carbocycles. The average Bonchev–Trinajstić information content (AvgIpc) is 3.27. The Balaban J connectivity index is 0.000000247. The predicted octanol–water partition coefficient (Wildman–Crippen LogP) is 7.54. The first-order valence-electron chi connectivity index (χ1n) is 22.8. The van der Waals surface area contributed by atoms with Crippen molar-refractivity contribution >= 4 is 33.5 Å². The highest BCUT2D eigenvalue weighted by atomic mass is 32.2. The van der Waals surface area contributed by atoms with Gasteiger partial charge in [0.25, 0.3) is 0 Å². The summed E-state index contributed by atoms with van der Waals surface area (Å²) < 4.78 is 27.6. The SMILES string of the molecule is CC(C)(C)NS(=O)(=O)c1ccc(NC(=O)[C@H](Cc2ccccc2)NC(=O)C2CCCCC2)cc1.N[C@@H](CC1CCCCC1)C(O)Cc1ccccc1.N[C@@H](Cc1ccccc1)C(=O)O. The molecule has 0 saturated heterocycles. The van der Waals surface area contributed by atoms with Crippen LogP contribution in [-0.4, -0.2) is 66.2 Å². The van der Waals surface area contributed by atoms with Crippen molar-refractivity contribution in [2.75, 3.05) is 5.32 Å². The summed E-state index contributed by atoms with van der Waals surface area (Å²) in [6.45, 7) is 5.31. The molecule has 0 aliphatic heterocycles. The van der Waals surface area contributed by atoms with Gasteiger partial charge in [0.05, 0.1) is 11.0 Å². The number of hydrogen-bond donors (Lipinski definition) is 7. The van der Waals surface area contributed by atoms with Gasteiger partial charge in [0, 0.05) is 29.6 Å². The van der Waals surface area contributed by atoms with E-state index in [0.717, 1.165) is 55.6 Å². The van der Waals surface area contributed by atoms with Gasteiger partial charge in [0.2, 0.25) is 21.8 Å². The predicted molar refractivity (Wildman–Crippen MR) is 255 cm³/mol. The summed E-state index contributed by atoms with van der Waals surface area (Å²) in [5, 5.41) is 24.5. The zero-order chi connectivity index (χ0) is 46.5. The molecule has 1 unspecified atom stereocenters. The Morgan fingerprint density at radius 1 is 0.672 bits per heavy atom. The van der Waals surface area contributed by atoms with Crippen molar-refractivity contribution in [1.29, 1.82) is 0 Å². The molecular formula is C51H71N5O7S. The van der Waals surface area contributed by atoms with E-state index in [0.29, 0.717) is 24.9 Å². The standard InChI is InChI=1S/C26H35N3O4S.C16H25NO.C9H11NO2/c1-26(2,3)29-34(32,33)22-16-14-21(15-17-22)27-25(31)23(18-19-10-6-4-7-11-19)28-24(30)20-12-8-5-9-13-20;17-15(11-13-7-3-1-4-8-13)16(18)12-14-9-5-2-6-10-14;10-8(9(11)12)6-7-4-2-1-3-5-7/h4,6-7,10-11,14-17,20,23,29H,5,8-9,12-13,18H2,1-3H3,(H,27,31)(H,28,30);2,5-6,9-10,13,15-16,18H,1,3-4,7-8,11-12,17H2;1-5,8H,6,10H2,(H,11,12)/t23-;15-,16?;8-/m000/s1. The molecule has 2 aliphatic rings. The number of anilines is 1. The number of aliphatic carboxylic acids is 1. The van der Waals surface area contributed by atoms with Gasteiger partial charge in [0.15, 0.2) is 0 Å². The number of carboxylic acids is 1. The van der Waals surface area contributed by atoms with Crippen molar-refractivity contribution in [2.24, 2.45) is 23.3 Å². The number of nitrogens with two attached hydrogens (primary N) is 2. The maximum absolute atomic E-state index is 13.1. The molecule has 0 aromatic heterocycles. The molecule has 2 fully saturated rings. The minimum Gasteiger partial charge on any atom is -0.480 e. The highest BCUT2D eigenvalue weighted by Gasteiger charge is 2.28. The van der Waals surface area contributed by atoms with Crippen molar-refractivity contribution in [2.45, 2.75) is 145 Å². The second-order valence-electron chi connectivity index (χ2n) is 18.3. The summed E-state index contributed by atoms with van der Waals surface area (Å²) in [4.78, 5) is 36.5. The van der Waals surface area contributed by atoms with Gasteiger partial charge in [0.1, 0.15) is 12.1 Å². The number of benzene rings is 4. The zero-order valence-corrected chi connectivity index (χ0v) is 38.6. The van der Waals surface area contributed by atoms with Crippen LogP contribution in [0.2, 0.25) is 0 Å². The molecule has 0 spiro atoms. The summed E-state index contributed by atoms with van der Waals surface area (Å²) in [6.07, 6.45) is 13.6. The molecule has 2 amide bonds. The van der Waals surface area contributed by atoms with Crippen LogP contribution in [0.4, 0.5) is 5.69 Å². The van der Waals surface area contributed by atoms with Gasteiger partial charge in [-0.25, -0.2) is 13.1 Å². The molecule has 2 saturated carbocycles. The number of nitrogens with one attached hydrogen (secondary N) is 3. The summed E-state index contributed by atoms with van der Waals surface area (Å²) in [7, 11) is -3.67. The zero-order valence-electron chi connectivity index (χ0n) is 37.8. The number of carbonyl (C=O) groups is 3. The van der Waals surface area contributed by atoms with E-state index < -0.39 is 39.7 Å². The molecule has 4 atom stereocenters. The van der Waals surface area contributed by atoms with Crippen LogP contribution in [0.25, 0.3) is 0 Å². The Morgan fingerprint density at radius 2 is 1.14 bits per heavy atom. The minimum atomic E-state index is -3.67. The molecular weight excluding hydrogens is 827 g/mol. The van der Waals surface area contributed by atoms with Crippen LogP contribution in [-0.2, 0) is 43.7 Å². The minimum absolute atomic E-state index is 0.0559. The van der Waals surface area contributed by atoms with Gasteiger partial charge in [-0.1, -0.05) is 142 Å². The Bertz CT molecular complexity index is 2090. The maximum atomic E-state index is 13.1. The smallest absolute Gasteiger partial charge is 0.320 e. The fourth-order valence-electron chi connectivity index (χ4n) is 8.05. The third-order valence-electron chi connectivity index (χ3n) is 11.5. The van der Waals surface area contributed by atoms with E-state index in [1.165, 1.54) is 49.8 Å². The van der Waals surface area contributed by atoms with Gasteiger partial charge in [-0.3, -0.25) is 14.4 Å². The van der Waals surface area contributed by atoms with Gasteiger partial charge >= 0.3 is 5.97 Å². The molecule has 348 valence electrons. The maximum Gasteiger partial charge on any atom is 0.320 e. The Morgan fingerprint density at radius 3 is 1.62 bits per heavy atom. The highest BCUT2D eigenvalue weighted by Crippen LogP contribution is 2.28. The second kappa shape index (κ2) is 26.1. The van der Waals surface area contributed by atoms with Crippen LogP contribution in [0.3, 0.4) is 0 Å². The van der Waals surface area contributed by atoms with Gasteiger partial charge < -0.3 is 32.3 Å². The van der Waals surface area contributed by atoms with E-state index >= 15 is 0 Å². The van der Waals surface area contributed by atoms with Crippen molar-refractivity contribution in [3.05, 3.63) is 132 Å². The topological polar surface area (TPSA) is 214 Å². The van der Waals surface area contributed by atoms with Gasteiger partial charge in [-0.15, -0.1) is 0 Å². The number of aliphatic hydroxyl groups is 1.